The molecule has 0 heterocycles. The molecular formula is C15H23N3O. The Balaban J connectivity index is 1.82. The Labute approximate surface area is 114 Å². The van der Waals surface area contributed by atoms with Gasteiger partial charge in [-0.2, -0.15) is 0 Å². The van der Waals surface area contributed by atoms with Gasteiger partial charge in [-0.3, -0.25) is 4.79 Å². The predicted octanol–water partition coefficient (Wildman–Crippen LogP) is 1.28. The van der Waals surface area contributed by atoms with Crippen LogP contribution in [0.15, 0.2) is 24.3 Å². The van der Waals surface area contributed by atoms with E-state index < -0.39 is 0 Å². The van der Waals surface area contributed by atoms with E-state index in [-0.39, 0.29) is 17.9 Å². The molecule has 0 aliphatic heterocycles. The highest BCUT2D eigenvalue weighted by molar-refractivity contribution is 5.78. The average Bonchev–Trinajstić information content (AvgIpc) is 2.46. The van der Waals surface area contributed by atoms with Gasteiger partial charge in [-0.25, -0.2) is 0 Å². The van der Waals surface area contributed by atoms with Gasteiger partial charge in [-0.15, -0.1) is 0 Å². The van der Waals surface area contributed by atoms with Gasteiger partial charge < -0.3 is 16.8 Å². The van der Waals surface area contributed by atoms with Crippen molar-refractivity contribution in [2.24, 2.45) is 17.4 Å². The van der Waals surface area contributed by atoms with E-state index in [1.807, 2.05) is 24.3 Å². The molecule has 1 saturated carbocycles. The fourth-order valence-corrected chi connectivity index (χ4v) is 2.58. The molecule has 0 spiro atoms. The summed E-state index contributed by atoms with van der Waals surface area (Å²) in [7, 11) is 0. The van der Waals surface area contributed by atoms with Crippen molar-refractivity contribution >= 4 is 5.91 Å². The van der Waals surface area contributed by atoms with Gasteiger partial charge in [0.25, 0.3) is 0 Å². The zero-order chi connectivity index (χ0) is 13.7. The number of hydrogen-bond acceptors (Lipinski definition) is 3. The number of benzene rings is 1. The summed E-state index contributed by atoms with van der Waals surface area (Å²) in [6.07, 6.45) is 3.74. The van der Waals surface area contributed by atoms with Crippen LogP contribution in [0.2, 0.25) is 0 Å². The zero-order valence-corrected chi connectivity index (χ0v) is 11.3. The third-order valence-corrected chi connectivity index (χ3v) is 3.84. The summed E-state index contributed by atoms with van der Waals surface area (Å²) in [5.41, 5.74) is 13.6. The van der Waals surface area contributed by atoms with Crippen molar-refractivity contribution < 1.29 is 4.79 Å². The fourth-order valence-electron chi connectivity index (χ4n) is 2.58. The number of carbonyl (C=O) groups excluding carboxylic acids is 1. The zero-order valence-electron chi connectivity index (χ0n) is 11.3. The molecule has 1 aromatic carbocycles. The second kappa shape index (κ2) is 6.68. The number of rotatable bonds is 4. The molecule has 0 bridgehead atoms. The molecule has 2 rings (SSSR count). The highest BCUT2D eigenvalue weighted by atomic mass is 16.1. The van der Waals surface area contributed by atoms with Crippen molar-refractivity contribution in [3.8, 4) is 0 Å². The normalized spacial score (nSPS) is 23.1. The average molecular weight is 261 g/mol. The SMILES string of the molecule is NCc1cccc(CNC(=O)C2CCC(N)CC2)c1. The van der Waals surface area contributed by atoms with Crippen LogP contribution in [0.4, 0.5) is 0 Å². The lowest BCUT2D eigenvalue weighted by Crippen LogP contribution is -2.35. The fraction of sp³-hybridized carbons (Fsp3) is 0.533. The molecule has 19 heavy (non-hydrogen) atoms. The molecule has 0 aromatic heterocycles. The molecule has 4 nitrogen and oxygen atoms in total. The smallest absolute Gasteiger partial charge is 0.223 e. The molecule has 1 aliphatic rings. The Hall–Kier alpha value is -1.39. The molecule has 0 radical (unpaired) electrons. The summed E-state index contributed by atoms with van der Waals surface area (Å²) in [5, 5.41) is 3.01. The van der Waals surface area contributed by atoms with Crippen molar-refractivity contribution in [1.82, 2.24) is 5.32 Å². The highest BCUT2D eigenvalue weighted by Crippen LogP contribution is 2.23. The van der Waals surface area contributed by atoms with Gasteiger partial charge in [-0.1, -0.05) is 24.3 Å². The number of nitrogens with two attached hydrogens (primary N) is 2. The van der Waals surface area contributed by atoms with E-state index >= 15 is 0 Å². The van der Waals surface area contributed by atoms with Crippen LogP contribution in [0.25, 0.3) is 0 Å². The van der Waals surface area contributed by atoms with Crippen LogP contribution in [0.3, 0.4) is 0 Å². The molecule has 1 amide bonds. The van der Waals surface area contributed by atoms with Crippen molar-refractivity contribution in [1.29, 1.82) is 0 Å². The summed E-state index contributed by atoms with van der Waals surface area (Å²) in [6, 6.07) is 8.30. The van der Waals surface area contributed by atoms with Gasteiger partial charge in [0.2, 0.25) is 5.91 Å². The first-order valence-corrected chi connectivity index (χ1v) is 7.00. The van der Waals surface area contributed by atoms with Crippen LogP contribution in [-0.4, -0.2) is 11.9 Å². The van der Waals surface area contributed by atoms with Crippen LogP contribution in [-0.2, 0) is 17.9 Å². The largest absolute Gasteiger partial charge is 0.352 e. The highest BCUT2D eigenvalue weighted by Gasteiger charge is 2.24. The third kappa shape index (κ3) is 4.04. The Morgan fingerprint density at radius 2 is 1.89 bits per heavy atom. The number of carbonyl (C=O) groups is 1. The number of amides is 1. The minimum atomic E-state index is 0.137. The second-order valence-electron chi connectivity index (χ2n) is 5.35. The molecule has 4 heteroatoms. The molecular weight excluding hydrogens is 238 g/mol. The molecule has 0 atom stereocenters. The molecule has 0 saturated heterocycles. The quantitative estimate of drug-likeness (QED) is 0.763. The van der Waals surface area contributed by atoms with Crippen molar-refractivity contribution in [2.45, 2.75) is 44.8 Å². The van der Waals surface area contributed by atoms with Gasteiger partial charge in [0.05, 0.1) is 0 Å². The topological polar surface area (TPSA) is 81.1 Å². The van der Waals surface area contributed by atoms with E-state index in [9.17, 15) is 4.79 Å². The van der Waals surface area contributed by atoms with Crippen molar-refractivity contribution in [3.63, 3.8) is 0 Å². The van der Waals surface area contributed by atoms with E-state index in [4.69, 9.17) is 11.5 Å². The third-order valence-electron chi connectivity index (χ3n) is 3.84. The minimum absolute atomic E-state index is 0.137. The molecule has 1 fully saturated rings. The molecule has 1 aromatic rings. The van der Waals surface area contributed by atoms with Crippen molar-refractivity contribution in [3.05, 3.63) is 35.4 Å². The van der Waals surface area contributed by atoms with Gasteiger partial charge in [0, 0.05) is 25.0 Å². The molecule has 104 valence electrons. The summed E-state index contributed by atoms with van der Waals surface area (Å²) >= 11 is 0. The first kappa shape index (κ1) is 14.0. The Morgan fingerprint density at radius 1 is 1.21 bits per heavy atom. The standard InChI is InChI=1S/C15H23N3O/c16-9-11-2-1-3-12(8-11)10-18-15(19)13-4-6-14(17)7-5-13/h1-3,8,13-14H,4-7,9-10,16-17H2,(H,18,19). The first-order valence-electron chi connectivity index (χ1n) is 7.00. The van der Waals surface area contributed by atoms with E-state index in [1.54, 1.807) is 0 Å². The number of hydrogen-bond donors (Lipinski definition) is 3. The van der Waals surface area contributed by atoms with E-state index in [1.165, 1.54) is 0 Å². The lowest BCUT2D eigenvalue weighted by atomic mass is 9.86. The Kier molecular flexibility index (Phi) is 4.93. The van der Waals surface area contributed by atoms with Crippen LogP contribution in [0, 0.1) is 5.92 Å². The maximum Gasteiger partial charge on any atom is 0.223 e. The monoisotopic (exact) mass is 261 g/mol. The molecule has 1 aliphatic carbocycles. The first-order chi connectivity index (χ1) is 9.19. The summed E-state index contributed by atoms with van der Waals surface area (Å²) in [5.74, 6) is 0.294. The van der Waals surface area contributed by atoms with Gasteiger partial charge in [-0.05, 0) is 36.8 Å². The van der Waals surface area contributed by atoms with Gasteiger partial charge in [0.15, 0.2) is 0 Å². The van der Waals surface area contributed by atoms with Crippen LogP contribution >= 0.6 is 0 Å². The minimum Gasteiger partial charge on any atom is -0.352 e. The molecule has 0 unspecified atom stereocenters. The van der Waals surface area contributed by atoms with Crippen molar-refractivity contribution in [2.75, 3.05) is 0 Å². The Morgan fingerprint density at radius 3 is 2.58 bits per heavy atom. The van der Waals surface area contributed by atoms with Gasteiger partial charge >= 0.3 is 0 Å². The maximum atomic E-state index is 12.1. The summed E-state index contributed by atoms with van der Waals surface area (Å²) < 4.78 is 0. The second-order valence-corrected chi connectivity index (χ2v) is 5.35. The lowest BCUT2D eigenvalue weighted by Gasteiger charge is -2.25. The lowest BCUT2D eigenvalue weighted by molar-refractivity contribution is -0.126. The van der Waals surface area contributed by atoms with Crippen LogP contribution in [0.5, 0.6) is 0 Å². The van der Waals surface area contributed by atoms with Crippen LogP contribution < -0.4 is 16.8 Å². The van der Waals surface area contributed by atoms with Crippen LogP contribution in [0.1, 0.15) is 36.8 Å². The number of nitrogens with one attached hydrogen (secondary N) is 1. The molecule has 5 N–H and O–H groups in total. The van der Waals surface area contributed by atoms with E-state index in [0.29, 0.717) is 13.1 Å². The summed E-state index contributed by atoms with van der Waals surface area (Å²) in [4.78, 5) is 12.1. The summed E-state index contributed by atoms with van der Waals surface area (Å²) in [6.45, 7) is 1.11. The predicted molar refractivity (Wildman–Crippen MR) is 76.1 cm³/mol. The van der Waals surface area contributed by atoms with E-state index in [0.717, 1.165) is 36.8 Å². The Bertz CT molecular complexity index is 425. The van der Waals surface area contributed by atoms with E-state index in [2.05, 4.69) is 5.32 Å². The van der Waals surface area contributed by atoms with Gasteiger partial charge in [0.1, 0.15) is 0 Å². The maximum absolute atomic E-state index is 12.1.